The minimum absolute atomic E-state index is 0.137. The average Bonchev–Trinajstić information content (AvgIpc) is 2.62. The molecule has 0 aliphatic carbocycles. The van der Waals surface area contributed by atoms with Gasteiger partial charge in [-0.1, -0.05) is 18.2 Å². The molecule has 2 aromatic rings. The molecule has 2 aromatic carbocycles. The molecule has 0 radical (unpaired) electrons. The first kappa shape index (κ1) is 17.3. The van der Waals surface area contributed by atoms with Crippen molar-refractivity contribution in [3.8, 4) is 5.75 Å². The number of rotatable bonds is 4. The van der Waals surface area contributed by atoms with E-state index in [2.05, 4.69) is 17.0 Å². The zero-order valence-electron chi connectivity index (χ0n) is 15.2. The van der Waals surface area contributed by atoms with Crippen molar-refractivity contribution in [3.63, 3.8) is 0 Å². The first-order valence-electron chi connectivity index (χ1n) is 8.91. The highest BCUT2D eigenvalue weighted by Gasteiger charge is 2.23. The maximum absolute atomic E-state index is 12.7. The maximum atomic E-state index is 12.7. The van der Waals surface area contributed by atoms with Gasteiger partial charge < -0.3 is 14.5 Å². The van der Waals surface area contributed by atoms with Crippen molar-refractivity contribution in [1.82, 2.24) is 4.90 Å². The van der Waals surface area contributed by atoms with E-state index in [4.69, 9.17) is 4.74 Å². The highest BCUT2D eigenvalue weighted by atomic mass is 16.5. The summed E-state index contributed by atoms with van der Waals surface area (Å²) in [6.45, 7) is 9.24. The number of anilines is 1. The van der Waals surface area contributed by atoms with E-state index in [0.717, 1.165) is 43.1 Å². The van der Waals surface area contributed by atoms with E-state index in [1.165, 1.54) is 5.69 Å². The van der Waals surface area contributed by atoms with Gasteiger partial charge in [-0.15, -0.1) is 0 Å². The van der Waals surface area contributed by atoms with Crippen molar-refractivity contribution < 1.29 is 9.53 Å². The number of aryl methyl sites for hydroxylation is 1. The van der Waals surface area contributed by atoms with E-state index in [0.29, 0.717) is 0 Å². The van der Waals surface area contributed by atoms with Crippen LogP contribution in [0.25, 0.3) is 0 Å². The van der Waals surface area contributed by atoms with Gasteiger partial charge in [0, 0.05) is 37.4 Å². The normalized spacial score (nSPS) is 14.7. The molecule has 4 nitrogen and oxygen atoms in total. The van der Waals surface area contributed by atoms with Crippen molar-refractivity contribution in [2.75, 3.05) is 31.1 Å². The third-order valence-electron chi connectivity index (χ3n) is 4.52. The summed E-state index contributed by atoms with van der Waals surface area (Å²) in [7, 11) is 0. The Labute approximate surface area is 150 Å². The molecule has 132 valence electrons. The summed E-state index contributed by atoms with van der Waals surface area (Å²) in [6, 6.07) is 16.0. The lowest BCUT2D eigenvalue weighted by atomic mass is 10.1. The SMILES string of the molecule is Cc1ccccc1C(=O)N1CCN(c2ccc(OC(C)C)cc2)CC1. The predicted molar refractivity (Wildman–Crippen MR) is 102 cm³/mol. The van der Waals surface area contributed by atoms with Gasteiger partial charge in [0.15, 0.2) is 0 Å². The van der Waals surface area contributed by atoms with Crippen LogP contribution in [0.1, 0.15) is 29.8 Å². The molecule has 4 heteroatoms. The van der Waals surface area contributed by atoms with Crippen LogP contribution in [0.2, 0.25) is 0 Å². The van der Waals surface area contributed by atoms with Crippen molar-refractivity contribution in [2.45, 2.75) is 26.9 Å². The van der Waals surface area contributed by atoms with Gasteiger partial charge >= 0.3 is 0 Å². The van der Waals surface area contributed by atoms with E-state index in [9.17, 15) is 4.79 Å². The summed E-state index contributed by atoms with van der Waals surface area (Å²) >= 11 is 0. The Kier molecular flexibility index (Phi) is 5.27. The Morgan fingerprint density at radius 2 is 1.60 bits per heavy atom. The first-order valence-corrected chi connectivity index (χ1v) is 8.91. The van der Waals surface area contributed by atoms with Crippen LogP contribution in [0.4, 0.5) is 5.69 Å². The van der Waals surface area contributed by atoms with Crippen molar-refractivity contribution in [2.24, 2.45) is 0 Å². The standard InChI is InChI=1S/C21H26N2O2/c1-16(2)25-19-10-8-18(9-11-19)22-12-14-23(15-13-22)21(24)20-7-5-4-6-17(20)3/h4-11,16H,12-15H2,1-3H3. The molecule has 1 heterocycles. The number of piperazine rings is 1. The number of hydrogen-bond acceptors (Lipinski definition) is 3. The van der Waals surface area contributed by atoms with E-state index in [-0.39, 0.29) is 12.0 Å². The number of amides is 1. The second-order valence-electron chi connectivity index (χ2n) is 6.75. The molecule has 0 saturated carbocycles. The predicted octanol–water partition coefficient (Wildman–Crippen LogP) is 3.74. The molecule has 0 unspecified atom stereocenters. The Balaban J connectivity index is 1.60. The van der Waals surface area contributed by atoms with Crippen LogP contribution >= 0.6 is 0 Å². The van der Waals surface area contributed by atoms with E-state index in [1.807, 2.05) is 62.1 Å². The van der Waals surface area contributed by atoms with Gasteiger partial charge in [-0.2, -0.15) is 0 Å². The summed E-state index contributed by atoms with van der Waals surface area (Å²) in [5, 5.41) is 0. The molecular weight excluding hydrogens is 312 g/mol. The summed E-state index contributed by atoms with van der Waals surface area (Å²) in [5.41, 5.74) is 3.03. The van der Waals surface area contributed by atoms with Crippen LogP contribution in [0, 0.1) is 6.92 Å². The fourth-order valence-corrected chi connectivity index (χ4v) is 3.16. The zero-order valence-corrected chi connectivity index (χ0v) is 15.2. The van der Waals surface area contributed by atoms with Crippen LogP contribution < -0.4 is 9.64 Å². The third kappa shape index (κ3) is 4.13. The third-order valence-corrected chi connectivity index (χ3v) is 4.52. The minimum Gasteiger partial charge on any atom is -0.491 e. The van der Waals surface area contributed by atoms with Crippen LogP contribution in [-0.4, -0.2) is 43.1 Å². The topological polar surface area (TPSA) is 32.8 Å². The highest BCUT2D eigenvalue weighted by molar-refractivity contribution is 5.95. The van der Waals surface area contributed by atoms with E-state index >= 15 is 0 Å². The number of ether oxygens (including phenoxy) is 1. The van der Waals surface area contributed by atoms with Crippen LogP contribution in [0.5, 0.6) is 5.75 Å². The average molecular weight is 338 g/mol. The summed E-state index contributed by atoms with van der Waals surface area (Å²) in [5.74, 6) is 1.03. The molecule has 1 saturated heterocycles. The first-order chi connectivity index (χ1) is 12.0. The number of carbonyl (C=O) groups excluding carboxylic acids is 1. The van der Waals surface area contributed by atoms with Gasteiger partial charge in [0.2, 0.25) is 0 Å². The molecule has 1 fully saturated rings. The molecule has 25 heavy (non-hydrogen) atoms. The van der Waals surface area contributed by atoms with Crippen molar-refractivity contribution in [3.05, 3.63) is 59.7 Å². The largest absolute Gasteiger partial charge is 0.491 e. The van der Waals surface area contributed by atoms with E-state index < -0.39 is 0 Å². The fraction of sp³-hybridized carbons (Fsp3) is 0.381. The Morgan fingerprint density at radius 3 is 2.20 bits per heavy atom. The fourth-order valence-electron chi connectivity index (χ4n) is 3.16. The molecule has 1 amide bonds. The zero-order chi connectivity index (χ0) is 17.8. The van der Waals surface area contributed by atoms with Gasteiger partial charge in [0.05, 0.1) is 6.10 Å². The number of hydrogen-bond donors (Lipinski definition) is 0. The molecule has 0 aromatic heterocycles. The number of nitrogens with zero attached hydrogens (tertiary/aromatic N) is 2. The van der Waals surface area contributed by atoms with Crippen LogP contribution in [-0.2, 0) is 0 Å². The lowest BCUT2D eigenvalue weighted by Gasteiger charge is -2.36. The molecule has 0 bridgehead atoms. The summed E-state index contributed by atoms with van der Waals surface area (Å²) in [4.78, 5) is 17.0. The molecule has 1 aliphatic rings. The van der Waals surface area contributed by atoms with Gasteiger partial charge in [-0.3, -0.25) is 4.79 Å². The second kappa shape index (κ2) is 7.60. The summed E-state index contributed by atoms with van der Waals surface area (Å²) in [6.07, 6.45) is 0.182. The van der Waals surface area contributed by atoms with Crippen LogP contribution in [0.15, 0.2) is 48.5 Å². The van der Waals surface area contributed by atoms with Crippen molar-refractivity contribution in [1.29, 1.82) is 0 Å². The maximum Gasteiger partial charge on any atom is 0.254 e. The van der Waals surface area contributed by atoms with Gasteiger partial charge in [0.1, 0.15) is 5.75 Å². The number of benzene rings is 2. The monoisotopic (exact) mass is 338 g/mol. The minimum atomic E-state index is 0.137. The Morgan fingerprint density at radius 1 is 0.960 bits per heavy atom. The van der Waals surface area contributed by atoms with Gasteiger partial charge in [-0.05, 0) is 56.7 Å². The molecule has 0 spiro atoms. The molecule has 3 rings (SSSR count). The smallest absolute Gasteiger partial charge is 0.254 e. The Hall–Kier alpha value is -2.49. The van der Waals surface area contributed by atoms with Gasteiger partial charge in [0.25, 0.3) is 5.91 Å². The van der Waals surface area contributed by atoms with Crippen LogP contribution in [0.3, 0.4) is 0 Å². The Bertz CT molecular complexity index is 717. The lowest BCUT2D eigenvalue weighted by Crippen LogP contribution is -2.48. The number of carbonyl (C=O) groups is 1. The second-order valence-corrected chi connectivity index (χ2v) is 6.75. The van der Waals surface area contributed by atoms with Crippen molar-refractivity contribution >= 4 is 11.6 Å². The van der Waals surface area contributed by atoms with Gasteiger partial charge in [-0.25, -0.2) is 0 Å². The highest BCUT2D eigenvalue weighted by Crippen LogP contribution is 2.22. The molecule has 1 aliphatic heterocycles. The van der Waals surface area contributed by atoms with E-state index in [1.54, 1.807) is 0 Å². The lowest BCUT2D eigenvalue weighted by molar-refractivity contribution is 0.0746. The molecule has 0 atom stereocenters. The molecule has 0 N–H and O–H groups in total. The quantitative estimate of drug-likeness (QED) is 0.851. The molecular formula is C21H26N2O2. The summed E-state index contributed by atoms with van der Waals surface area (Å²) < 4.78 is 5.69.